The van der Waals surface area contributed by atoms with E-state index in [2.05, 4.69) is 18.2 Å². The Kier molecular flexibility index (Phi) is 3.13. The van der Waals surface area contributed by atoms with Crippen LogP contribution >= 0.6 is 0 Å². The Morgan fingerprint density at radius 2 is 1.30 bits per heavy atom. The lowest BCUT2D eigenvalue weighted by atomic mass is 9.97. The lowest BCUT2D eigenvalue weighted by Crippen LogP contribution is -1.90. The normalized spacial score (nSPS) is 10.4. The molecular formula is C18H15NO. The number of benzene rings is 3. The molecule has 20 heavy (non-hydrogen) atoms. The summed E-state index contributed by atoms with van der Waals surface area (Å²) < 4.78 is 0. The molecule has 3 aromatic carbocycles. The number of aromatic hydroxyl groups is 1. The first kappa shape index (κ1) is 12.3. The van der Waals surface area contributed by atoms with E-state index in [0.717, 1.165) is 16.7 Å². The van der Waals surface area contributed by atoms with E-state index in [9.17, 15) is 5.11 Å². The van der Waals surface area contributed by atoms with Crippen molar-refractivity contribution in [1.29, 1.82) is 0 Å². The second-order valence-corrected chi connectivity index (χ2v) is 4.69. The van der Waals surface area contributed by atoms with Crippen molar-refractivity contribution in [2.45, 2.75) is 0 Å². The highest BCUT2D eigenvalue weighted by Crippen LogP contribution is 2.36. The molecule has 0 saturated heterocycles. The Balaban J connectivity index is 2.13. The zero-order valence-electron chi connectivity index (χ0n) is 11.0. The molecule has 98 valence electrons. The molecule has 0 atom stereocenters. The van der Waals surface area contributed by atoms with Crippen LogP contribution in [0.25, 0.3) is 22.3 Å². The molecule has 3 aromatic rings. The Bertz CT molecular complexity index is 715. The second kappa shape index (κ2) is 5.10. The molecule has 0 radical (unpaired) electrons. The molecular weight excluding hydrogens is 246 g/mol. The predicted molar refractivity (Wildman–Crippen MR) is 83.4 cm³/mol. The van der Waals surface area contributed by atoms with Gasteiger partial charge in [-0.15, -0.1) is 0 Å². The van der Waals surface area contributed by atoms with Gasteiger partial charge >= 0.3 is 0 Å². The van der Waals surface area contributed by atoms with Crippen LogP contribution in [0.4, 0.5) is 5.69 Å². The van der Waals surface area contributed by atoms with E-state index in [4.69, 9.17) is 5.73 Å². The van der Waals surface area contributed by atoms with Crippen molar-refractivity contribution in [3.8, 4) is 28.0 Å². The van der Waals surface area contributed by atoms with Gasteiger partial charge in [-0.3, -0.25) is 0 Å². The number of hydrogen-bond acceptors (Lipinski definition) is 2. The summed E-state index contributed by atoms with van der Waals surface area (Å²) in [6, 6.07) is 23.4. The van der Waals surface area contributed by atoms with Gasteiger partial charge in [-0.1, -0.05) is 54.6 Å². The molecule has 0 heterocycles. The summed E-state index contributed by atoms with van der Waals surface area (Å²) in [7, 11) is 0. The third-order valence-corrected chi connectivity index (χ3v) is 3.33. The maximum absolute atomic E-state index is 10.0. The molecule has 0 aliphatic carbocycles. The summed E-state index contributed by atoms with van der Waals surface area (Å²) >= 11 is 0. The van der Waals surface area contributed by atoms with Gasteiger partial charge in [0.1, 0.15) is 5.75 Å². The first-order valence-electron chi connectivity index (χ1n) is 6.49. The van der Waals surface area contributed by atoms with Gasteiger partial charge < -0.3 is 10.8 Å². The van der Waals surface area contributed by atoms with Crippen LogP contribution < -0.4 is 5.73 Å². The third kappa shape index (κ3) is 2.24. The van der Waals surface area contributed by atoms with E-state index >= 15 is 0 Å². The van der Waals surface area contributed by atoms with E-state index in [1.807, 2.05) is 36.4 Å². The summed E-state index contributed by atoms with van der Waals surface area (Å²) in [5.41, 5.74) is 10.4. The summed E-state index contributed by atoms with van der Waals surface area (Å²) in [6.45, 7) is 0. The van der Waals surface area contributed by atoms with Crippen molar-refractivity contribution in [2.24, 2.45) is 0 Å². The van der Waals surface area contributed by atoms with Gasteiger partial charge in [0.15, 0.2) is 0 Å². The van der Waals surface area contributed by atoms with Crippen LogP contribution in [0, 0.1) is 0 Å². The van der Waals surface area contributed by atoms with E-state index in [0.29, 0.717) is 11.3 Å². The van der Waals surface area contributed by atoms with Gasteiger partial charge in [0.2, 0.25) is 0 Å². The highest BCUT2D eigenvalue weighted by molar-refractivity contribution is 5.84. The largest absolute Gasteiger partial charge is 0.507 e. The SMILES string of the molecule is Nc1cccc(O)c1-c1cccc(-c2ccccc2)c1. The van der Waals surface area contributed by atoms with E-state index in [1.54, 1.807) is 18.2 Å². The number of phenolic OH excluding ortho intramolecular Hbond substituents is 1. The topological polar surface area (TPSA) is 46.2 Å². The van der Waals surface area contributed by atoms with Crippen LogP contribution in [0.1, 0.15) is 0 Å². The minimum atomic E-state index is 0.204. The minimum absolute atomic E-state index is 0.204. The van der Waals surface area contributed by atoms with Gasteiger partial charge in [-0.2, -0.15) is 0 Å². The third-order valence-electron chi connectivity index (χ3n) is 3.33. The Morgan fingerprint density at radius 3 is 2.05 bits per heavy atom. The van der Waals surface area contributed by atoms with Crippen LogP contribution in [-0.4, -0.2) is 5.11 Å². The highest BCUT2D eigenvalue weighted by atomic mass is 16.3. The van der Waals surface area contributed by atoms with Gasteiger partial charge in [-0.05, 0) is 34.9 Å². The Labute approximate surface area is 118 Å². The molecule has 0 spiro atoms. The molecule has 0 saturated carbocycles. The molecule has 0 bridgehead atoms. The first-order chi connectivity index (χ1) is 9.75. The number of phenols is 1. The fourth-order valence-corrected chi connectivity index (χ4v) is 2.36. The average molecular weight is 261 g/mol. The zero-order chi connectivity index (χ0) is 13.9. The van der Waals surface area contributed by atoms with E-state index in [-0.39, 0.29) is 5.75 Å². The lowest BCUT2D eigenvalue weighted by molar-refractivity contribution is 0.477. The lowest BCUT2D eigenvalue weighted by Gasteiger charge is -2.10. The first-order valence-corrected chi connectivity index (χ1v) is 6.49. The number of nitrogens with two attached hydrogens (primary N) is 1. The average Bonchev–Trinajstić information content (AvgIpc) is 2.48. The molecule has 2 nitrogen and oxygen atoms in total. The Hall–Kier alpha value is -2.74. The van der Waals surface area contributed by atoms with Crippen molar-refractivity contribution in [3.05, 3.63) is 72.8 Å². The van der Waals surface area contributed by atoms with Crippen LogP contribution in [0.3, 0.4) is 0 Å². The molecule has 0 aromatic heterocycles. The minimum Gasteiger partial charge on any atom is -0.507 e. The number of anilines is 1. The fourth-order valence-electron chi connectivity index (χ4n) is 2.36. The van der Waals surface area contributed by atoms with Gasteiger partial charge in [0, 0.05) is 11.3 Å². The monoisotopic (exact) mass is 261 g/mol. The molecule has 2 heteroatoms. The van der Waals surface area contributed by atoms with Crippen LogP contribution in [0.5, 0.6) is 5.75 Å². The molecule has 0 amide bonds. The molecule has 0 fully saturated rings. The zero-order valence-corrected chi connectivity index (χ0v) is 11.0. The molecule has 3 rings (SSSR count). The van der Waals surface area contributed by atoms with Crippen LogP contribution in [-0.2, 0) is 0 Å². The summed E-state index contributed by atoms with van der Waals surface area (Å²) in [5.74, 6) is 0.204. The molecule has 0 aliphatic rings. The highest BCUT2D eigenvalue weighted by Gasteiger charge is 2.09. The predicted octanol–water partition coefficient (Wildman–Crippen LogP) is 4.31. The Morgan fingerprint density at radius 1 is 0.650 bits per heavy atom. The number of hydrogen-bond donors (Lipinski definition) is 2. The van der Waals surface area contributed by atoms with Crippen LogP contribution in [0.2, 0.25) is 0 Å². The number of rotatable bonds is 2. The van der Waals surface area contributed by atoms with Gasteiger partial charge in [-0.25, -0.2) is 0 Å². The maximum Gasteiger partial charge on any atom is 0.125 e. The van der Waals surface area contributed by atoms with Crippen molar-refractivity contribution >= 4 is 5.69 Å². The molecule has 0 unspecified atom stereocenters. The van der Waals surface area contributed by atoms with E-state index in [1.165, 1.54) is 0 Å². The summed E-state index contributed by atoms with van der Waals surface area (Å²) in [6.07, 6.45) is 0. The van der Waals surface area contributed by atoms with Gasteiger partial charge in [0.25, 0.3) is 0 Å². The van der Waals surface area contributed by atoms with E-state index < -0.39 is 0 Å². The summed E-state index contributed by atoms with van der Waals surface area (Å²) in [4.78, 5) is 0. The van der Waals surface area contributed by atoms with Crippen molar-refractivity contribution < 1.29 is 5.11 Å². The fraction of sp³-hybridized carbons (Fsp3) is 0. The van der Waals surface area contributed by atoms with Crippen molar-refractivity contribution in [1.82, 2.24) is 0 Å². The van der Waals surface area contributed by atoms with Crippen molar-refractivity contribution in [3.63, 3.8) is 0 Å². The quantitative estimate of drug-likeness (QED) is 0.675. The maximum atomic E-state index is 10.0. The number of nitrogen functional groups attached to an aromatic ring is 1. The molecule has 0 aliphatic heterocycles. The smallest absolute Gasteiger partial charge is 0.125 e. The second-order valence-electron chi connectivity index (χ2n) is 4.69. The van der Waals surface area contributed by atoms with Crippen LogP contribution in [0.15, 0.2) is 72.8 Å². The summed E-state index contributed by atoms with van der Waals surface area (Å²) in [5, 5.41) is 10.0. The molecule has 3 N–H and O–H groups in total. The standard InChI is InChI=1S/C18H15NO/c19-16-10-5-11-17(20)18(16)15-9-4-8-14(12-15)13-6-2-1-3-7-13/h1-12,20H,19H2. The van der Waals surface area contributed by atoms with Crippen molar-refractivity contribution in [2.75, 3.05) is 5.73 Å². The van der Waals surface area contributed by atoms with Gasteiger partial charge in [0.05, 0.1) is 0 Å².